The second-order valence-corrected chi connectivity index (χ2v) is 6.35. The van der Waals surface area contributed by atoms with E-state index in [4.69, 9.17) is 4.42 Å². The maximum Gasteiger partial charge on any atom is 0.220 e. The molecule has 0 aliphatic carbocycles. The fourth-order valence-electron chi connectivity index (χ4n) is 3.15. The highest BCUT2D eigenvalue weighted by molar-refractivity contribution is 5.80. The summed E-state index contributed by atoms with van der Waals surface area (Å²) < 4.78 is 7.86. The number of nitrogens with one attached hydrogen (secondary N) is 1. The Kier molecular flexibility index (Phi) is 4.69. The van der Waals surface area contributed by atoms with Crippen LogP contribution in [-0.2, 0) is 17.8 Å². The lowest BCUT2D eigenvalue weighted by molar-refractivity contribution is -0.121. The minimum Gasteiger partial charge on any atom is -0.441 e. The van der Waals surface area contributed by atoms with E-state index in [1.807, 2.05) is 36.4 Å². The van der Waals surface area contributed by atoms with Crippen LogP contribution >= 0.6 is 0 Å². The molecule has 2 heterocycles. The lowest BCUT2D eigenvalue weighted by Gasteiger charge is -2.07. The molecule has 4 rings (SSSR count). The molecule has 0 saturated heterocycles. The van der Waals surface area contributed by atoms with Crippen LogP contribution in [0.25, 0.3) is 22.0 Å². The van der Waals surface area contributed by atoms with E-state index in [0.29, 0.717) is 25.3 Å². The van der Waals surface area contributed by atoms with Crippen LogP contribution in [0, 0.1) is 0 Å². The van der Waals surface area contributed by atoms with Crippen molar-refractivity contribution < 1.29 is 9.21 Å². The Morgan fingerprint density at radius 2 is 1.92 bits per heavy atom. The van der Waals surface area contributed by atoms with Crippen molar-refractivity contribution >= 4 is 27.9 Å². The molecule has 0 fully saturated rings. The molecule has 0 aliphatic heterocycles. The third kappa shape index (κ3) is 3.61. The maximum atomic E-state index is 12.0. The molecule has 0 spiro atoms. The number of benzene rings is 2. The number of fused-ring (bicyclic) bond motifs is 2. The number of carbonyl (C=O) groups is 1. The minimum absolute atomic E-state index is 0.0321. The molecule has 0 unspecified atom stereocenters. The highest BCUT2D eigenvalue weighted by Crippen LogP contribution is 2.16. The topological polar surface area (TPSA) is 60.1 Å². The van der Waals surface area contributed by atoms with Crippen LogP contribution in [0.5, 0.6) is 0 Å². The largest absolute Gasteiger partial charge is 0.441 e. The van der Waals surface area contributed by atoms with Gasteiger partial charge in [0.15, 0.2) is 11.5 Å². The number of amides is 1. The summed E-state index contributed by atoms with van der Waals surface area (Å²) in [6.07, 6.45) is 3.90. The van der Waals surface area contributed by atoms with Gasteiger partial charge < -0.3 is 14.3 Å². The lowest BCUT2D eigenvalue weighted by Crippen LogP contribution is -2.25. The summed E-state index contributed by atoms with van der Waals surface area (Å²) in [5.41, 5.74) is 2.83. The highest BCUT2D eigenvalue weighted by Gasteiger charge is 2.08. The smallest absolute Gasteiger partial charge is 0.220 e. The highest BCUT2D eigenvalue weighted by atomic mass is 16.3. The lowest BCUT2D eigenvalue weighted by atomic mass is 10.2. The average Bonchev–Trinajstić information content (AvgIpc) is 3.27. The molecule has 0 saturated carbocycles. The van der Waals surface area contributed by atoms with Crippen molar-refractivity contribution in [2.75, 3.05) is 6.54 Å². The number of aryl methyl sites for hydroxylation is 2. The molecule has 4 aromatic rings. The van der Waals surface area contributed by atoms with Crippen molar-refractivity contribution in [2.24, 2.45) is 0 Å². The van der Waals surface area contributed by atoms with Gasteiger partial charge >= 0.3 is 0 Å². The molecular formula is C21H21N3O2. The van der Waals surface area contributed by atoms with Crippen LogP contribution < -0.4 is 5.32 Å². The van der Waals surface area contributed by atoms with Crippen molar-refractivity contribution in [1.29, 1.82) is 0 Å². The fourth-order valence-corrected chi connectivity index (χ4v) is 3.15. The number of rotatable bonds is 7. The summed E-state index contributed by atoms with van der Waals surface area (Å²) in [6.45, 7) is 1.55. The first-order chi connectivity index (χ1) is 12.8. The Hall–Kier alpha value is -3.08. The van der Waals surface area contributed by atoms with Gasteiger partial charge in [-0.2, -0.15) is 0 Å². The average molecular weight is 347 g/mol. The van der Waals surface area contributed by atoms with Gasteiger partial charge in [-0.15, -0.1) is 0 Å². The summed E-state index contributed by atoms with van der Waals surface area (Å²) in [5.74, 6) is 0.643. The number of oxazole rings is 1. The van der Waals surface area contributed by atoms with E-state index in [1.165, 1.54) is 10.9 Å². The number of nitrogens with zero attached hydrogens (tertiary/aromatic N) is 2. The molecule has 2 aromatic carbocycles. The zero-order valence-electron chi connectivity index (χ0n) is 14.5. The molecule has 1 amide bonds. The Bertz CT molecular complexity index is 999. The molecule has 26 heavy (non-hydrogen) atoms. The molecule has 1 N–H and O–H groups in total. The first-order valence-electron chi connectivity index (χ1n) is 8.94. The van der Waals surface area contributed by atoms with Gasteiger partial charge in [0.25, 0.3) is 0 Å². The Labute approximate surface area is 151 Å². The number of carbonyl (C=O) groups excluding carboxylic acids is 1. The predicted molar refractivity (Wildman–Crippen MR) is 102 cm³/mol. The van der Waals surface area contributed by atoms with E-state index in [1.54, 1.807) is 0 Å². The van der Waals surface area contributed by atoms with Gasteiger partial charge in [0, 0.05) is 37.6 Å². The quantitative estimate of drug-likeness (QED) is 0.516. The molecule has 0 radical (unpaired) electrons. The van der Waals surface area contributed by atoms with Crippen LogP contribution in [0.4, 0.5) is 0 Å². The predicted octanol–water partition coefficient (Wildman–Crippen LogP) is 3.92. The first-order valence-corrected chi connectivity index (χ1v) is 8.94. The molecule has 0 aliphatic rings. The van der Waals surface area contributed by atoms with Gasteiger partial charge in [-0.3, -0.25) is 4.79 Å². The third-order valence-corrected chi connectivity index (χ3v) is 4.48. The van der Waals surface area contributed by atoms with Gasteiger partial charge in [-0.05, 0) is 36.1 Å². The number of para-hydroxylation sites is 3. The maximum absolute atomic E-state index is 12.0. The normalized spacial score (nSPS) is 11.2. The number of hydrogen-bond acceptors (Lipinski definition) is 3. The Morgan fingerprint density at radius 3 is 2.85 bits per heavy atom. The fraction of sp³-hybridized carbons (Fsp3) is 0.238. The van der Waals surface area contributed by atoms with Crippen molar-refractivity contribution in [2.45, 2.75) is 25.8 Å². The number of aromatic nitrogens is 2. The SMILES string of the molecule is O=C(CCc1nc2ccccc2o1)NCCCn1ccc2ccccc21. The monoisotopic (exact) mass is 347 g/mol. The van der Waals surface area contributed by atoms with E-state index in [2.05, 4.69) is 39.3 Å². The van der Waals surface area contributed by atoms with Crippen molar-refractivity contribution in [3.05, 3.63) is 66.7 Å². The summed E-state index contributed by atoms with van der Waals surface area (Å²) >= 11 is 0. The zero-order chi connectivity index (χ0) is 17.8. The summed E-state index contributed by atoms with van der Waals surface area (Å²) in [4.78, 5) is 16.4. The van der Waals surface area contributed by atoms with E-state index in [0.717, 1.165) is 24.1 Å². The van der Waals surface area contributed by atoms with Crippen LogP contribution in [0.2, 0.25) is 0 Å². The second kappa shape index (κ2) is 7.44. The van der Waals surface area contributed by atoms with E-state index >= 15 is 0 Å². The van der Waals surface area contributed by atoms with Crippen molar-refractivity contribution in [1.82, 2.24) is 14.9 Å². The van der Waals surface area contributed by atoms with Gasteiger partial charge in [0.1, 0.15) is 5.52 Å². The van der Waals surface area contributed by atoms with Crippen LogP contribution in [0.1, 0.15) is 18.7 Å². The van der Waals surface area contributed by atoms with Crippen LogP contribution in [0.3, 0.4) is 0 Å². The summed E-state index contributed by atoms with van der Waals surface area (Å²) in [5, 5.41) is 4.22. The Morgan fingerprint density at radius 1 is 1.08 bits per heavy atom. The molecule has 2 aromatic heterocycles. The van der Waals surface area contributed by atoms with Crippen molar-refractivity contribution in [3.8, 4) is 0 Å². The van der Waals surface area contributed by atoms with Crippen LogP contribution in [0.15, 0.2) is 65.2 Å². The van der Waals surface area contributed by atoms with Gasteiger partial charge in [0.2, 0.25) is 5.91 Å². The first kappa shape index (κ1) is 16.4. The van der Waals surface area contributed by atoms with E-state index in [9.17, 15) is 4.79 Å². The second-order valence-electron chi connectivity index (χ2n) is 6.35. The molecule has 5 nitrogen and oxygen atoms in total. The minimum atomic E-state index is 0.0321. The molecular weight excluding hydrogens is 326 g/mol. The van der Waals surface area contributed by atoms with Gasteiger partial charge in [-0.25, -0.2) is 4.98 Å². The third-order valence-electron chi connectivity index (χ3n) is 4.48. The number of hydrogen-bond donors (Lipinski definition) is 1. The van der Waals surface area contributed by atoms with Gasteiger partial charge in [0.05, 0.1) is 0 Å². The molecule has 0 atom stereocenters. The van der Waals surface area contributed by atoms with Crippen LogP contribution in [-0.4, -0.2) is 22.0 Å². The summed E-state index contributed by atoms with van der Waals surface area (Å²) in [7, 11) is 0. The van der Waals surface area contributed by atoms with Crippen molar-refractivity contribution in [3.63, 3.8) is 0 Å². The van der Waals surface area contributed by atoms with E-state index < -0.39 is 0 Å². The molecule has 132 valence electrons. The molecule has 5 heteroatoms. The zero-order valence-corrected chi connectivity index (χ0v) is 14.5. The standard InChI is InChI=1S/C21H21N3O2/c25-20(10-11-21-23-17-7-2-4-9-19(17)26-21)22-13-5-14-24-15-12-16-6-1-3-8-18(16)24/h1-4,6-9,12,15H,5,10-11,13-14H2,(H,22,25). The van der Waals surface area contributed by atoms with Gasteiger partial charge in [-0.1, -0.05) is 30.3 Å². The Balaban J connectivity index is 1.21. The van der Waals surface area contributed by atoms with E-state index in [-0.39, 0.29) is 5.91 Å². The summed E-state index contributed by atoms with van der Waals surface area (Å²) in [6, 6.07) is 18.1. The molecule has 0 bridgehead atoms.